The van der Waals surface area contributed by atoms with E-state index in [4.69, 9.17) is 10.8 Å². The first kappa shape index (κ1) is 14.9. The van der Waals surface area contributed by atoms with Crippen molar-refractivity contribution in [2.45, 2.75) is 38.6 Å². The molecule has 0 aromatic carbocycles. The van der Waals surface area contributed by atoms with Gasteiger partial charge >= 0.3 is 0 Å². The molecule has 0 amide bonds. The lowest BCUT2D eigenvalue weighted by Crippen LogP contribution is -2.46. The first-order valence-electron chi connectivity index (χ1n) is 6.92. The molecule has 1 fully saturated rings. The van der Waals surface area contributed by atoms with Crippen LogP contribution in [0.2, 0.25) is 0 Å². The van der Waals surface area contributed by atoms with Crippen LogP contribution in [-0.2, 0) is 0 Å². The molecule has 1 saturated heterocycles. The van der Waals surface area contributed by atoms with E-state index in [9.17, 15) is 0 Å². The van der Waals surface area contributed by atoms with E-state index in [1.807, 2.05) is 6.92 Å². The van der Waals surface area contributed by atoms with Crippen LogP contribution in [0.15, 0.2) is 0 Å². The number of likely N-dealkylation sites (N-methyl/N-ethyl adjacent to an activating group) is 1. The van der Waals surface area contributed by atoms with Gasteiger partial charge in [0, 0.05) is 31.7 Å². The maximum Gasteiger partial charge on any atom is 0.0608 e. The second-order valence-corrected chi connectivity index (χ2v) is 5.55. The van der Waals surface area contributed by atoms with Crippen LogP contribution in [0, 0.1) is 0 Å². The molecule has 4 heteroatoms. The molecule has 17 heavy (non-hydrogen) atoms. The summed E-state index contributed by atoms with van der Waals surface area (Å²) in [5.74, 6) is 0. The standard InChI is InChI=1S/C13H29N3O/c1-3-15-8-10-16(11-9-15)7-5-4-6-13(2,14)12-17/h17H,3-12,14H2,1-2H3. The molecule has 1 atom stereocenters. The Morgan fingerprint density at radius 3 is 2.24 bits per heavy atom. The molecule has 4 nitrogen and oxygen atoms in total. The molecule has 0 aliphatic carbocycles. The molecular formula is C13H29N3O. The van der Waals surface area contributed by atoms with Crippen molar-refractivity contribution in [2.24, 2.45) is 5.73 Å². The number of aliphatic hydroxyl groups is 1. The third-order valence-electron chi connectivity index (χ3n) is 3.75. The van der Waals surface area contributed by atoms with E-state index in [1.54, 1.807) is 0 Å². The van der Waals surface area contributed by atoms with E-state index in [0.29, 0.717) is 0 Å². The van der Waals surface area contributed by atoms with Crippen molar-refractivity contribution in [1.82, 2.24) is 9.80 Å². The highest BCUT2D eigenvalue weighted by Crippen LogP contribution is 2.11. The van der Waals surface area contributed by atoms with Gasteiger partial charge in [0.15, 0.2) is 0 Å². The molecule has 102 valence electrons. The predicted octanol–water partition coefficient (Wildman–Crippen LogP) is 0.504. The molecule has 0 aromatic heterocycles. The van der Waals surface area contributed by atoms with Gasteiger partial charge < -0.3 is 20.6 Å². The molecule has 0 saturated carbocycles. The van der Waals surface area contributed by atoms with Crippen LogP contribution in [0.25, 0.3) is 0 Å². The van der Waals surface area contributed by atoms with E-state index in [0.717, 1.165) is 12.8 Å². The predicted molar refractivity (Wildman–Crippen MR) is 72.1 cm³/mol. The zero-order valence-electron chi connectivity index (χ0n) is 11.5. The maximum absolute atomic E-state index is 9.06. The number of hydrogen-bond acceptors (Lipinski definition) is 4. The van der Waals surface area contributed by atoms with Crippen LogP contribution >= 0.6 is 0 Å². The quantitative estimate of drug-likeness (QED) is 0.640. The molecule has 1 aliphatic heterocycles. The summed E-state index contributed by atoms with van der Waals surface area (Å²) in [7, 11) is 0. The van der Waals surface area contributed by atoms with Crippen molar-refractivity contribution in [1.29, 1.82) is 0 Å². The number of aliphatic hydroxyl groups excluding tert-OH is 1. The lowest BCUT2D eigenvalue weighted by molar-refractivity contribution is 0.133. The van der Waals surface area contributed by atoms with E-state index in [2.05, 4.69) is 16.7 Å². The van der Waals surface area contributed by atoms with Crippen molar-refractivity contribution in [3.8, 4) is 0 Å². The average molecular weight is 243 g/mol. The number of nitrogens with zero attached hydrogens (tertiary/aromatic N) is 2. The van der Waals surface area contributed by atoms with Gasteiger partial charge in [-0.25, -0.2) is 0 Å². The highest BCUT2D eigenvalue weighted by Gasteiger charge is 2.17. The first-order valence-corrected chi connectivity index (χ1v) is 6.92. The summed E-state index contributed by atoms with van der Waals surface area (Å²) in [6, 6.07) is 0. The molecular weight excluding hydrogens is 214 g/mol. The monoisotopic (exact) mass is 243 g/mol. The lowest BCUT2D eigenvalue weighted by atomic mass is 9.97. The van der Waals surface area contributed by atoms with Gasteiger partial charge in [-0.15, -0.1) is 0 Å². The fourth-order valence-corrected chi connectivity index (χ4v) is 2.27. The fourth-order valence-electron chi connectivity index (χ4n) is 2.27. The smallest absolute Gasteiger partial charge is 0.0608 e. The highest BCUT2D eigenvalue weighted by molar-refractivity contribution is 4.77. The Hall–Kier alpha value is -0.160. The van der Waals surface area contributed by atoms with Crippen molar-refractivity contribution in [3.05, 3.63) is 0 Å². The summed E-state index contributed by atoms with van der Waals surface area (Å²) < 4.78 is 0. The first-order chi connectivity index (χ1) is 8.07. The molecule has 1 heterocycles. The fraction of sp³-hybridized carbons (Fsp3) is 1.00. The van der Waals surface area contributed by atoms with Crippen molar-refractivity contribution >= 4 is 0 Å². The van der Waals surface area contributed by atoms with Gasteiger partial charge in [0.05, 0.1) is 6.61 Å². The van der Waals surface area contributed by atoms with Gasteiger partial charge in [-0.2, -0.15) is 0 Å². The van der Waals surface area contributed by atoms with E-state index in [-0.39, 0.29) is 12.1 Å². The van der Waals surface area contributed by atoms with E-state index in [1.165, 1.54) is 45.7 Å². The Labute approximate surface area is 106 Å². The molecule has 0 bridgehead atoms. The summed E-state index contributed by atoms with van der Waals surface area (Å²) in [5, 5.41) is 9.06. The third kappa shape index (κ3) is 5.82. The SMILES string of the molecule is CCN1CCN(CCCCC(C)(N)CO)CC1. The molecule has 1 rings (SSSR count). The summed E-state index contributed by atoms with van der Waals surface area (Å²) in [6.07, 6.45) is 3.22. The molecule has 0 spiro atoms. The second kappa shape index (κ2) is 7.31. The highest BCUT2D eigenvalue weighted by atomic mass is 16.3. The van der Waals surface area contributed by atoms with Gasteiger partial charge in [0.25, 0.3) is 0 Å². The van der Waals surface area contributed by atoms with Crippen LogP contribution in [0.4, 0.5) is 0 Å². The van der Waals surface area contributed by atoms with Crippen LogP contribution in [-0.4, -0.2) is 66.3 Å². The topological polar surface area (TPSA) is 52.7 Å². The van der Waals surface area contributed by atoms with Crippen molar-refractivity contribution in [3.63, 3.8) is 0 Å². The molecule has 1 aliphatic rings. The Bertz CT molecular complexity index is 201. The number of rotatable bonds is 7. The third-order valence-corrected chi connectivity index (χ3v) is 3.75. The van der Waals surface area contributed by atoms with Crippen LogP contribution in [0.5, 0.6) is 0 Å². The van der Waals surface area contributed by atoms with E-state index >= 15 is 0 Å². The minimum atomic E-state index is -0.388. The summed E-state index contributed by atoms with van der Waals surface area (Å²) in [4.78, 5) is 5.04. The molecule has 0 radical (unpaired) electrons. The number of unbranched alkanes of at least 4 members (excludes halogenated alkanes) is 1. The van der Waals surface area contributed by atoms with Gasteiger partial charge in [-0.3, -0.25) is 0 Å². The Morgan fingerprint density at radius 1 is 1.12 bits per heavy atom. The normalized spacial score (nSPS) is 22.6. The van der Waals surface area contributed by atoms with Crippen molar-refractivity contribution < 1.29 is 5.11 Å². The Morgan fingerprint density at radius 2 is 1.71 bits per heavy atom. The lowest BCUT2D eigenvalue weighted by Gasteiger charge is -2.34. The van der Waals surface area contributed by atoms with Crippen LogP contribution < -0.4 is 5.73 Å². The largest absolute Gasteiger partial charge is 0.394 e. The summed E-state index contributed by atoms with van der Waals surface area (Å²) >= 11 is 0. The minimum absolute atomic E-state index is 0.0855. The van der Waals surface area contributed by atoms with Gasteiger partial charge in [-0.1, -0.05) is 13.3 Å². The molecule has 0 aromatic rings. The summed E-state index contributed by atoms with van der Waals surface area (Å²) in [5.41, 5.74) is 5.51. The van der Waals surface area contributed by atoms with E-state index < -0.39 is 0 Å². The number of hydrogen-bond donors (Lipinski definition) is 2. The van der Waals surface area contributed by atoms with Crippen LogP contribution in [0.3, 0.4) is 0 Å². The number of piperazine rings is 1. The zero-order valence-corrected chi connectivity index (χ0v) is 11.5. The maximum atomic E-state index is 9.06. The molecule has 1 unspecified atom stereocenters. The average Bonchev–Trinajstić information content (AvgIpc) is 2.35. The Kier molecular flexibility index (Phi) is 6.41. The van der Waals surface area contributed by atoms with Gasteiger partial charge in [-0.05, 0) is 32.9 Å². The number of nitrogens with two attached hydrogens (primary N) is 1. The van der Waals surface area contributed by atoms with Crippen LogP contribution in [0.1, 0.15) is 33.1 Å². The van der Waals surface area contributed by atoms with Crippen molar-refractivity contribution in [2.75, 3.05) is 45.9 Å². The zero-order chi connectivity index (χ0) is 12.7. The van der Waals surface area contributed by atoms with Gasteiger partial charge in [0.2, 0.25) is 0 Å². The van der Waals surface area contributed by atoms with Gasteiger partial charge in [0.1, 0.15) is 0 Å². The second-order valence-electron chi connectivity index (χ2n) is 5.55. The minimum Gasteiger partial charge on any atom is -0.394 e. The Balaban J connectivity index is 2.04. The molecule has 3 N–H and O–H groups in total. The summed E-state index contributed by atoms with van der Waals surface area (Å²) in [6.45, 7) is 11.4.